The Morgan fingerprint density at radius 3 is 1.23 bits per heavy atom. The van der Waals surface area contributed by atoms with Gasteiger partial charge in [0, 0.05) is 43.4 Å². The van der Waals surface area contributed by atoms with Gasteiger partial charge in [-0.05, 0) is 12.1 Å². The van der Waals surface area contributed by atoms with Crippen LogP contribution >= 0.6 is 0 Å². The zero-order valence-corrected chi connectivity index (χ0v) is 27.9. The van der Waals surface area contributed by atoms with Gasteiger partial charge in [0.15, 0.2) is 16.9 Å². The largest absolute Gasteiger partial charge is 0.507 e. The molecule has 6 aromatic heterocycles. The molecule has 0 aliphatic rings. The van der Waals surface area contributed by atoms with Gasteiger partial charge in [0.25, 0.3) is 0 Å². The Morgan fingerprint density at radius 1 is 0.442 bits per heavy atom. The smallest absolute Gasteiger partial charge is 0.242 e. The molecule has 6 heterocycles. The minimum absolute atomic E-state index is 0.00370. The number of fused-ring (bicyclic) bond motifs is 9. The molecule has 52 heavy (non-hydrogen) atoms. The van der Waals surface area contributed by atoms with Crippen LogP contribution < -0.4 is 14.2 Å². The molecule has 13 nitrogen and oxygen atoms in total. The summed E-state index contributed by atoms with van der Waals surface area (Å²) in [5.41, 5.74) is 5.09. The molecular formula is C39H27N9O4. The van der Waals surface area contributed by atoms with Gasteiger partial charge in [-0.1, -0.05) is 72.8 Å². The molecule has 10 aromatic rings. The first-order valence-corrected chi connectivity index (χ1v) is 16.4. The number of hydrogen-bond donors (Lipinski definition) is 4. The van der Waals surface area contributed by atoms with Crippen LogP contribution in [0.25, 0.3) is 99.2 Å². The first-order valence-electron chi connectivity index (χ1n) is 16.4. The zero-order valence-electron chi connectivity index (χ0n) is 27.9. The highest BCUT2D eigenvalue weighted by Crippen LogP contribution is 2.50. The monoisotopic (exact) mass is 685 g/mol. The average Bonchev–Trinajstić information content (AvgIpc) is 3.93. The third-order valence-corrected chi connectivity index (χ3v) is 9.66. The summed E-state index contributed by atoms with van der Waals surface area (Å²) >= 11 is 0. The molecule has 4 aromatic carbocycles. The van der Waals surface area contributed by atoms with E-state index in [0.717, 1.165) is 48.5 Å². The van der Waals surface area contributed by atoms with E-state index >= 15 is 0 Å². The highest BCUT2D eigenvalue weighted by Gasteiger charge is 2.28. The molecule has 0 bridgehead atoms. The number of methoxy groups -OCH3 is 3. The third-order valence-electron chi connectivity index (χ3n) is 9.66. The summed E-state index contributed by atoms with van der Waals surface area (Å²) in [6.45, 7) is 0. The second-order valence-corrected chi connectivity index (χ2v) is 12.3. The van der Waals surface area contributed by atoms with Crippen LogP contribution in [-0.2, 0) is 0 Å². The predicted molar refractivity (Wildman–Crippen MR) is 199 cm³/mol. The van der Waals surface area contributed by atoms with Gasteiger partial charge in [-0.2, -0.15) is 0 Å². The van der Waals surface area contributed by atoms with E-state index in [1.807, 2.05) is 78.9 Å². The SMILES string of the molecule is COc1n[nH]c2nc(-c3ccc(O)c(-c4nc5[nH]nc(OC)c5c5ccccc45)c3-c3nc4[nH]nc(OC)c4c4ccccc34)c3ccccc3c12. The van der Waals surface area contributed by atoms with E-state index in [0.29, 0.717) is 68.4 Å². The molecule has 0 unspecified atom stereocenters. The Bertz CT molecular complexity index is 3070. The lowest BCUT2D eigenvalue weighted by molar-refractivity contribution is 0.401. The molecular weight excluding hydrogens is 658 g/mol. The molecule has 10 rings (SSSR count). The molecule has 0 amide bonds. The van der Waals surface area contributed by atoms with Crippen LogP contribution in [0.4, 0.5) is 0 Å². The molecule has 0 atom stereocenters. The second kappa shape index (κ2) is 11.1. The molecule has 0 spiro atoms. The zero-order chi connectivity index (χ0) is 35.1. The van der Waals surface area contributed by atoms with Crippen LogP contribution in [0.5, 0.6) is 23.4 Å². The van der Waals surface area contributed by atoms with Gasteiger partial charge in [-0.15, -0.1) is 15.3 Å². The fourth-order valence-corrected chi connectivity index (χ4v) is 7.46. The fraction of sp³-hybridized carbons (Fsp3) is 0.0769. The van der Waals surface area contributed by atoms with Crippen molar-refractivity contribution in [2.75, 3.05) is 21.3 Å². The van der Waals surface area contributed by atoms with Crippen molar-refractivity contribution in [3.8, 4) is 57.2 Å². The van der Waals surface area contributed by atoms with Crippen LogP contribution in [0, 0.1) is 0 Å². The number of hydrogen-bond acceptors (Lipinski definition) is 10. The van der Waals surface area contributed by atoms with Crippen molar-refractivity contribution in [1.82, 2.24) is 45.5 Å². The number of aromatic nitrogens is 9. The summed E-state index contributed by atoms with van der Waals surface area (Å²) in [6.07, 6.45) is 0. The normalized spacial score (nSPS) is 11.8. The summed E-state index contributed by atoms with van der Waals surface area (Å²) in [6, 6.07) is 27.3. The number of benzene rings is 4. The van der Waals surface area contributed by atoms with Crippen LogP contribution in [0.3, 0.4) is 0 Å². The maximum atomic E-state index is 12.1. The van der Waals surface area contributed by atoms with Crippen molar-refractivity contribution in [2.45, 2.75) is 0 Å². The number of phenols is 1. The lowest BCUT2D eigenvalue weighted by Crippen LogP contribution is -2.00. The van der Waals surface area contributed by atoms with Gasteiger partial charge in [-0.3, -0.25) is 15.3 Å². The number of ether oxygens (including phenoxy) is 3. The van der Waals surface area contributed by atoms with E-state index in [1.165, 1.54) is 0 Å². The van der Waals surface area contributed by atoms with Gasteiger partial charge in [0.2, 0.25) is 17.6 Å². The number of H-pyrrole nitrogens is 3. The van der Waals surface area contributed by atoms with Crippen molar-refractivity contribution < 1.29 is 19.3 Å². The van der Waals surface area contributed by atoms with Crippen molar-refractivity contribution in [3.63, 3.8) is 0 Å². The molecule has 4 N–H and O–H groups in total. The molecule has 0 fully saturated rings. The number of aromatic hydroxyl groups is 1. The maximum Gasteiger partial charge on any atom is 0.242 e. The van der Waals surface area contributed by atoms with Gasteiger partial charge >= 0.3 is 0 Å². The van der Waals surface area contributed by atoms with Gasteiger partial charge in [0.1, 0.15) is 5.75 Å². The van der Waals surface area contributed by atoms with E-state index in [2.05, 4.69) is 30.6 Å². The van der Waals surface area contributed by atoms with Crippen molar-refractivity contribution in [2.24, 2.45) is 0 Å². The summed E-state index contributed by atoms with van der Waals surface area (Å²) in [5, 5.41) is 41.8. The number of rotatable bonds is 6. The van der Waals surface area contributed by atoms with Crippen LogP contribution in [0.15, 0.2) is 84.9 Å². The predicted octanol–water partition coefficient (Wildman–Crippen LogP) is 7.69. The van der Waals surface area contributed by atoms with E-state index in [1.54, 1.807) is 27.4 Å². The highest BCUT2D eigenvalue weighted by molar-refractivity contribution is 6.20. The molecule has 0 aliphatic heterocycles. The Balaban J connectivity index is 1.42. The Morgan fingerprint density at radius 2 is 0.808 bits per heavy atom. The van der Waals surface area contributed by atoms with Crippen molar-refractivity contribution >= 4 is 65.4 Å². The molecule has 0 aliphatic carbocycles. The van der Waals surface area contributed by atoms with E-state index in [9.17, 15) is 5.11 Å². The fourth-order valence-electron chi connectivity index (χ4n) is 7.46. The summed E-state index contributed by atoms with van der Waals surface area (Å²) in [5.74, 6) is 1.30. The molecule has 13 heteroatoms. The number of phenolic OH excluding ortho intramolecular Hbond substituents is 1. The van der Waals surface area contributed by atoms with Crippen LogP contribution in [-0.4, -0.2) is 72.0 Å². The van der Waals surface area contributed by atoms with E-state index in [-0.39, 0.29) is 5.75 Å². The maximum absolute atomic E-state index is 12.1. The quantitative estimate of drug-likeness (QED) is 0.136. The molecule has 252 valence electrons. The van der Waals surface area contributed by atoms with Crippen LogP contribution in [0.2, 0.25) is 0 Å². The van der Waals surface area contributed by atoms with Crippen molar-refractivity contribution in [1.29, 1.82) is 0 Å². The van der Waals surface area contributed by atoms with Gasteiger partial charge < -0.3 is 19.3 Å². The molecule has 0 radical (unpaired) electrons. The van der Waals surface area contributed by atoms with Crippen molar-refractivity contribution in [3.05, 3.63) is 84.9 Å². The first kappa shape index (κ1) is 29.6. The highest BCUT2D eigenvalue weighted by atomic mass is 16.5. The molecule has 0 saturated carbocycles. The topological polar surface area (TPSA) is 173 Å². The number of nitrogens with zero attached hydrogens (tertiary/aromatic N) is 6. The van der Waals surface area contributed by atoms with Crippen LogP contribution in [0.1, 0.15) is 0 Å². The Hall–Kier alpha value is -7.28. The number of pyridine rings is 3. The second-order valence-electron chi connectivity index (χ2n) is 12.3. The van der Waals surface area contributed by atoms with Gasteiger partial charge in [-0.25, -0.2) is 15.0 Å². The Kier molecular flexibility index (Phi) is 6.33. The minimum Gasteiger partial charge on any atom is -0.507 e. The third kappa shape index (κ3) is 4.04. The number of aromatic amines is 3. The van der Waals surface area contributed by atoms with Gasteiger partial charge in [0.05, 0.1) is 60.1 Å². The Labute approximate surface area is 293 Å². The van der Waals surface area contributed by atoms with E-state index < -0.39 is 0 Å². The summed E-state index contributed by atoms with van der Waals surface area (Å²) in [7, 11) is 4.74. The summed E-state index contributed by atoms with van der Waals surface area (Å²) < 4.78 is 16.9. The standard InChI is InChI=1S/C39H27N9O4/c1-50-37-27-18-10-4-7-13-21(18)31(40-34(27)43-46-37)24-16-17-25(49)30(33-23-15-9-6-12-20(23)29-36(42-33)45-48-39(29)52-3)26(24)32-22-14-8-5-11-19(22)28-35(41-32)44-47-38(28)51-2/h4-17,49H,1-3H3,(H,40,43,46)(H,41,44,47)(H,42,45,48). The summed E-state index contributed by atoms with van der Waals surface area (Å²) in [4.78, 5) is 15.5. The average molecular weight is 686 g/mol. The minimum atomic E-state index is 0.00370. The molecule has 0 saturated heterocycles. The van der Waals surface area contributed by atoms with E-state index in [4.69, 9.17) is 29.2 Å². The lowest BCUT2D eigenvalue weighted by atomic mass is 9.87. The lowest BCUT2D eigenvalue weighted by Gasteiger charge is -2.20. The first-order chi connectivity index (χ1) is 25.6. The number of nitrogens with one attached hydrogen (secondary N) is 3.